The van der Waals surface area contributed by atoms with Gasteiger partial charge in [-0.3, -0.25) is 4.79 Å². The Kier molecular flexibility index (Phi) is 8.84. The molecule has 218 valence electrons. The van der Waals surface area contributed by atoms with Crippen molar-refractivity contribution in [3.05, 3.63) is 125 Å². The highest BCUT2D eigenvalue weighted by Gasteiger charge is 2.45. The summed E-state index contributed by atoms with van der Waals surface area (Å²) < 4.78 is 17.1. The molecular formula is C38H42O4. The Morgan fingerprint density at radius 2 is 1.26 bits per heavy atom. The van der Waals surface area contributed by atoms with Gasteiger partial charge in [0.1, 0.15) is 19.0 Å². The lowest BCUT2D eigenvalue weighted by Gasteiger charge is -2.34. The number of hydrogen-bond acceptors (Lipinski definition) is 4. The first-order valence-electron chi connectivity index (χ1n) is 15.0. The van der Waals surface area contributed by atoms with Crippen molar-refractivity contribution in [2.75, 3.05) is 19.8 Å². The normalized spacial score (nSPS) is 13.5. The van der Waals surface area contributed by atoms with E-state index in [4.69, 9.17) is 14.2 Å². The fourth-order valence-electron chi connectivity index (χ4n) is 5.87. The zero-order valence-corrected chi connectivity index (χ0v) is 25.5. The van der Waals surface area contributed by atoms with Crippen molar-refractivity contribution in [1.29, 1.82) is 0 Å². The lowest BCUT2D eigenvalue weighted by atomic mass is 9.67. The zero-order chi connectivity index (χ0) is 29.7. The summed E-state index contributed by atoms with van der Waals surface area (Å²) >= 11 is 0. The van der Waals surface area contributed by atoms with Gasteiger partial charge in [-0.15, -0.1) is 0 Å². The lowest BCUT2D eigenvalue weighted by Crippen LogP contribution is -2.28. The zero-order valence-electron chi connectivity index (χ0n) is 25.5. The predicted molar refractivity (Wildman–Crippen MR) is 169 cm³/mol. The summed E-state index contributed by atoms with van der Waals surface area (Å²) in [5, 5.41) is 0. The number of aryl methyl sites for hydroxylation is 1. The standard InChI is InChI=1S/C38H42O4/c1-27(2)36(39)41-26-25-40-31-22-20-30(21-23-31)38(29-18-16-28(17-19-29)11-10-24-42-37(3,4)5)34-14-8-6-12-32(34)33-13-7-9-15-35(33)38/h6-9,12-23,27H,10-11,24-26H2,1-5H3. The van der Waals surface area contributed by atoms with Crippen molar-refractivity contribution in [2.24, 2.45) is 5.92 Å². The monoisotopic (exact) mass is 562 g/mol. The Bertz CT molecular complexity index is 1450. The molecule has 0 unspecified atom stereocenters. The first kappa shape index (κ1) is 29.6. The van der Waals surface area contributed by atoms with E-state index >= 15 is 0 Å². The molecule has 4 nitrogen and oxygen atoms in total. The van der Waals surface area contributed by atoms with E-state index in [1.807, 2.05) is 26.0 Å². The van der Waals surface area contributed by atoms with Gasteiger partial charge in [-0.05, 0) is 84.7 Å². The molecule has 0 amide bonds. The van der Waals surface area contributed by atoms with Crippen molar-refractivity contribution in [1.82, 2.24) is 0 Å². The van der Waals surface area contributed by atoms with Gasteiger partial charge in [0.25, 0.3) is 0 Å². The van der Waals surface area contributed by atoms with Crippen LogP contribution in [0.15, 0.2) is 97.1 Å². The van der Waals surface area contributed by atoms with E-state index in [0.717, 1.165) is 25.2 Å². The molecular weight excluding hydrogens is 520 g/mol. The summed E-state index contributed by atoms with van der Waals surface area (Å²) in [5.41, 5.74) is 8.28. The quantitative estimate of drug-likeness (QED) is 0.120. The second-order valence-corrected chi connectivity index (χ2v) is 12.3. The maximum atomic E-state index is 11.8. The highest BCUT2D eigenvalue weighted by molar-refractivity contribution is 5.86. The molecule has 4 aromatic carbocycles. The van der Waals surface area contributed by atoms with Crippen LogP contribution in [0.3, 0.4) is 0 Å². The number of rotatable bonds is 11. The van der Waals surface area contributed by atoms with Crippen LogP contribution in [0.5, 0.6) is 5.75 Å². The Balaban J connectivity index is 1.46. The highest BCUT2D eigenvalue weighted by atomic mass is 16.6. The van der Waals surface area contributed by atoms with Crippen molar-refractivity contribution < 1.29 is 19.0 Å². The smallest absolute Gasteiger partial charge is 0.308 e. The number of carbonyl (C=O) groups excluding carboxylic acids is 1. The van der Waals surface area contributed by atoms with E-state index in [0.29, 0.717) is 6.61 Å². The van der Waals surface area contributed by atoms with E-state index in [1.165, 1.54) is 38.9 Å². The van der Waals surface area contributed by atoms with E-state index in [2.05, 4.69) is 106 Å². The fraction of sp³-hybridized carbons (Fsp3) is 0.342. The molecule has 4 heteroatoms. The summed E-state index contributed by atoms with van der Waals surface area (Å²) in [5.74, 6) is 0.398. The molecule has 5 rings (SSSR count). The van der Waals surface area contributed by atoms with Gasteiger partial charge in [0.15, 0.2) is 0 Å². The first-order valence-corrected chi connectivity index (χ1v) is 15.0. The molecule has 0 heterocycles. The summed E-state index contributed by atoms with van der Waals surface area (Å²) in [6.07, 6.45) is 1.97. The third kappa shape index (κ3) is 6.15. The highest BCUT2D eigenvalue weighted by Crippen LogP contribution is 2.56. The van der Waals surface area contributed by atoms with E-state index in [1.54, 1.807) is 0 Å². The number of ether oxygens (including phenoxy) is 3. The number of fused-ring (bicyclic) bond motifs is 3. The van der Waals surface area contributed by atoms with Crippen LogP contribution in [0, 0.1) is 5.92 Å². The number of carbonyl (C=O) groups is 1. The van der Waals surface area contributed by atoms with Crippen molar-refractivity contribution in [3.8, 4) is 16.9 Å². The minimum atomic E-state index is -0.452. The van der Waals surface area contributed by atoms with Gasteiger partial charge in [0.05, 0.1) is 16.9 Å². The van der Waals surface area contributed by atoms with Crippen LogP contribution in [0.25, 0.3) is 11.1 Å². The maximum Gasteiger partial charge on any atom is 0.308 e. The molecule has 0 atom stereocenters. The van der Waals surface area contributed by atoms with Crippen molar-refractivity contribution in [3.63, 3.8) is 0 Å². The molecule has 0 aromatic heterocycles. The Hall–Kier alpha value is -3.89. The fourth-order valence-corrected chi connectivity index (χ4v) is 5.87. The third-order valence-electron chi connectivity index (χ3n) is 7.84. The van der Waals surface area contributed by atoms with E-state index in [9.17, 15) is 4.79 Å². The second kappa shape index (κ2) is 12.5. The molecule has 0 bridgehead atoms. The molecule has 42 heavy (non-hydrogen) atoms. The topological polar surface area (TPSA) is 44.8 Å². The first-order chi connectivity index (χ1) is 20.2. The molecule has 0 aliphatic heterocycles. The summed E-state index contributed by atoms with van der Waals surface area (Å²) in [7, 11) is 0. The van der Waals surface area contributed by atoms with Crippen LogP contribution in [-0.4, -0.2) is 31.4 Å². The molecule has 0 saturated carbocycles. The SMILES string of the molecule is CC(C)C(=O)OCCOc1ccc(C2(c3ccc(CCCOC(C)(C)C)cc3)c3ccccc3-c3ccccc32)cc1. The summed E-state index contributed by atoms with van der Waals surface area (Å²) in [4.78, 5) is 11.8. The van der Waals surface area contributed by atoms with Gasteiger partial charge in [-0.25, -0.2) is 0 Å². The molecule has 1 aliphatic carbocycles. The van der Waals surface area contributed by atoms with Crippen molar-refractivity contribution >= 4 is 5.97 Å². The van der Waals surface area contributed by atoms with Crippen LogP contribution < -0.4 is 4.74 Å². The lowest BCUT2D eigenvalue weighted by molar-refractivity contribution is -0.148. The molecule has 0 N–H and O–H groups in total. The minimum absolute atomic E-state index is 0.110. The average molecular weight is 563 g/mol. The number of benzene rings is 4. The van der Waals surface area contributed by atoms with Crippen LogP contribution in [0.1, 0.15) is 68.9 Å². The van der Waals surface area contributed by atoms with Crippen LogP contribution in [-0.2, 0) is 26.1 Å². The van der Waals surface area contributed by atoms with Crippen molar-refractivity contribution in [2.45, 2.75) is 58.5 Å². The maximum absolute atomic E-state index is 11.8. The molecule has 0 saturated heterocycles. The van der Waals surface area contributed by atoms with Gasteiger partial charge < -0.3 is 14.2 Å². The minimum Gasteiger partial charge on any atom is -0.490 e. The van der Waals surface area contributed by atoms with Gasteiger partial charge in [-0.1, -0.05) is 98.8 Å². The van der Waals surface area contributed by atoms with Gasteiger partial charge in [0.2, 0.25) is 0 Å². The molecule has 1 aliphatic rings. The number of hydrogen-bond donors (Lipinski definition) is 0. The molecule has 0 radical (unpaired) electrons. The van der Waals surface area contributed by atoms with Crippen LogP contribution in [0.2, 0.25) is 0 Å². The van der Waals surface area contributed by atoms with Gasteiger partial charge in [0, 0.05) is 6.61 Å². The summed E-state index contributed by atoms with van der Waals surface area (Å²) in [6, 6.07) is 35.0. The van der Waals surface area contributed by atoms with Gasteiger partial charge in [-0.2, -0.15) is 0 Å². The Labute approximate surface area is 250 Å². The average Bonchev–Trinajstić information content (AvgIpc) is 3.29. The van der Waals surface area contributed by atoms with Crippen LogP contribution >= 0.6 is 0 Å². The number of esters is 1. The summed E-state index contributed by atoms with van der Waals surface area (Å²) in [6.45, 7) is 11.3. The Morgan fingerprint density at radius 1 is 0.714 bits per heavy atom. The predicted octanol–water partition coefficient (Wildman–Crippen LogP) is 8.38. The van der Waals surface area contributed by atoms with Gasteiger partial charge >= 0.3 is 5.97 Å². The van der Waals surface area contributed by atoms with E-state index < -0.39 is 5.41 Å². The molecule has 0 fully saturated rings. The van der Waals surface area contributed by atoms with Crippen LogP contribution in [0.4, 0.5) is 0 Å². The third-order valence-corrected chi connectivity index (χ3v) is 7.84. The Morgan fingerprint density at radius 3 is 1.81 bits per heavy atom. The van der Waals surface area contributed by atoms with E-state index in [-0.39, 0.29) is 24.1 Å². The second-order valence-electron chi connectivity index (χ2n) is 12.3. The molecule has 0 spiro atoms. The largest absolute Gasteiger partial charge is 0.490 e. The molecule has 4 aromatic rings.